The highest BCUT2D eigenvalue weighted by atomic mass is 32.2. The third-order valence-electron chi connectivity index (χ3n) is 5.18. The fourth-order valence-electron chi connectivity index (χ4n) is 3.78. The van der Waals surface area contributed by atoms with Crippen LogP contribution in [-0.4, -0.2) is 22.5 Å². The van der Waals surface area contributed by atoms with Crippen molar-refractivity contribution < 1.29 is 18.0 Å². The van der Waals surface area contributed by atoms with Gasteiger partial charge < -0.3 is 9.88 Å². The zero-order chi connectivity index (χ0) is 22.3. The third kappa shape index (κ3) is 3.85. The van der Waals surface area contributed by atoms with Crippen molar-refractivity contribution in [2.75, 3.05) is 7.05 Å². The van der Waals surface area contributed by atoms with E-state index in [4.69, 9.17) is 0 Å². The van der Waals surface area contributed by atoms with E-state index in [0.717, 1.165) is 17.7 Å². The highest BCUT2D eigenvalue weighted by Gasteiger charge is 2.34. The van der Waals surface area contributed by atoms with Crippen molar-refractivity contribution >= 4 is 17.7 Å². The number of amides is 1. The van der Waals surface area contributed by atoms with E-state index in [0.29, 0.717) is 22.0 Å². The summed E-state index contributed by atoms with van der Waals surface area (Å²) in [5, 5.41) is 2.23. The van der Waals surface area contributed by atoms with Gasteiger partial charge >= 0.3 is 6.18 Å². The van der Waals surface area contributed by atoms with Crippen molar-refractivity contribution in [3.8, 4) is 5.69 Å². The molecular formula is C22H18F3N3O2S. The Morgan fingerprint density at radius 3 is 2.68 bits per heavy atom. The van der Waals surface area contributed by atoms with E-state index in [-0.39, 0.29) is 17.2 Å². The maximum atomic E-state index is 13.5. The summed E-state index contributed by atoms with van der Waals surface area (Å²) in [6.07, 6.45) is -0.935. The summed E-state index contributed by atoms with van der Waals surface area (Å²) < 4.78 is 42.0. The first kappa shape index (κ1) is 21.2. The Bertz CT molecular complexity index is 1220. The minimum absolute atomic E-state index is 0.0622. The first-order chi connectivity index (χ1) is 14.7. The van der Waals surface area contributed by atoms with Crippen molar-refractivity contribution in [2.24, 2.45) is 0 Å². The van der Waals surface area contributed by atoms with Crippen LogP contribution in [0.15, 0.2) is 58.5 Å². The number of benzene rings is 1. The average Bonchev–Trinajstić information content (AvgIpc) is 2.90. The van der Waals surface area contributed by atoms with Gasteiger partial charge in [0.05, 0.1) is 11.3 Å². The van der Waals surface area contributed by atoms with Gasteiger partial charge in [0, 0.05) is 53.5 Å². The summed E-state index contributed by atoms with van der Waals surface area (Å²) in [6, 6.07) is 8.50. The number of fused-ring (bicyclic) bond motifs is 3. The first-order valence-corrected chi connectivity index (χ1v) is 10.3. The van der Waals surface area contributed by atoms with Gasteiger partial charge in [-0.05, 0) is 36.8 Å². The van der Waals surface area contributed by atoms with E-state index >= 15 is 0 Å². The van der Waals surface area contributed by atoms with E-state index in [1.165, 1.54) is 30.9 Å². The Morgan fingerprint density at radius 2 is 2.03 bits per heavy atom. The lowest BCUT2D eigenvalue weighted by molar-refractivity contribution is -0.137. The molecule has 3 aromatic rings. The number of carbonyl (C=O) groups excluding carboxylic acids is 1. The Morgan fingerprint density at radius 1 is 1.26 bits per heavy atom. The molecule has 1 aliphatic heterocycles. The molecule has 0 spiro atoms. The molecule has 0 saturated heterocycles. The van der Waals surface area contributed by atoms with E-state index in [2.05, 4.69) is 10.3 Å². The maximum absolute atomic E-state index is 13.5. The molecule has 0 saturated carbocycles. The number of nitrogens with one attached hydrogen (secondary N) is 1. The van der Waals surface area contributed by atoms with Crippen molar-refractivity contribution in [3.05, 3.63) is 87.1 Å². The van der Waals surface area contributed by atoms with E-state index in [1.807, 2.05) is 6.07 Å². The molecule has 1 amide bonds. The van der Waals surface area contributed by atoms with Gasteiger partial charge in [-0.1, -0.05) is 6.07 Å². The molecule has 3 heterocycles. The molecule has 160 valence electrons. The van der Waals surface area contributed by atoms with Crippen LogP contribution in [0.25, 0.3) is 5.69 Å². The quantitative estimate of drug-likeness (QED) is 0.639. The lowest BCUT2D eigenvalue weighted by Gasteiger charge is -2.20. The zero-order valence-electron chi connectivity index (χ0n) is 16.7. The number of thioether (sulfide) groups is 1. The van der Waals surface area contributed by atoms with Crippen LogP contribution in [0.1, 0.15) is 38.1 Å². The van der Waals surface area contributed by atoms with Crippen LogP contribution < -0.4 is 10.7 Å². The van der Waals surface area contributed by atoms with Gasteiger partial charge in [-0.3, -0.25) is 14.6 Å². The summed E-state index contributed by atoms with van der Waals surface area (Å²) in [4.78, 5) is 30.1. The van der Waals surface area contributed by atoms with Gasteiger partial charge in [-0.15, -0.1) is 11.8 Å². The lowest BCUT2D eigenvalue weighted by Crippen LogP contribution is -2.30. The second-order valence-corrected chi connectivity index (χ2v) is 8.41. The van der Waals surface area contributed by atoms with Crippen LogP contribution in [0, 0.1) is 6.92 Å². The topological polar surface area (TPSA) is 64.0 Å². The second-order valence-electron chi connectivity index (χ2n) is 7.16. The zero-order valence-corrected chi connectivity index (χ0v) is 17.5. The average molecular weight is 445 g/mol. The molecule has 2 aromatic heterocycles. The van der Waals surface area contributed by atoms with E-state index in [9.17, 15) is 22.8 Å². The fraction of sp³-hybridized carbons (Fsp3) is 0.227. The monoisotopic (exact) mass is 445 g/mol. The molecule has 9 heteroatoms. The molecule has 1 atom stereocenters. The van der Waals surface area contributed by atoms with Gasteiger partial charge in [-0.25, -0.2) is 0 Å². The molecule has 0 bridgehead atoms. The molecule has 31 heavy (non-hydrogen) atoms. The highest BCUT2D eigenvalue weighted by molar-refractivity contribution is 7.99. The predicted molar refractivity (Wildman–Crippen MR) is 112 cm³/mol. The van der Waals surface area contributed by atoms with Gasteiger partial charge in [-0.2, -0.15) is 13.2 Å². The standard InChI is InChI=1S/C22H18F3N3O2S/c1-12-8-17(29)20(21(30)26-2)16-10-19(13-4-3-7-27-11-13)31-18-6-5-14(22(23,24)25)9-15(18)28(12)16/h3-9,11,19H,10H2,1-2H3,(H,26,30)/t19-/m0/s1. The molecule has 5 nitrogen and oxygen atoms in total. The number of nitrogens with zero attached hydrogens (tertiary/aromatic N) is 2. The van der Waals surface area contributed by atoms with Crippen LogP contribution >= 0.6 is 11.8 Å². The molecule has 1 aromatic carbocycles. The Kier molecular flexibility index (Phi) is 5.38. The molecule has 0 fully saturated rings. The number of alkyl halides is 3. The first-order valence-electron chi connectivity index (χ1n) is 9.46. The number of hydrogen-bond acceptors (Lipinski definition) is 4. The number of aryl methyl sites for hydroxylation is 1. The van der Waals surface area contributed by atoms with Crippen molar-refractivity contribution in [1.29, 1.82) is 0 Å². The third-order valence-corrected chi connectivity index (χ3v) is 6.51. The molecule has 0 radical (unpaired) electrons. The molecule has 4 rings (SSSR count). The van der Waals surface area contributed by atoms with Crippen LogP contribution in [0.4, 0.5) is 13.2 Å². The number of halogens is 3. The molecule has 0 unspecified atom stereocenters. The van der Waals surface area contributed by atoms with E-state index < -0.39 is 23.1 Å². The molecule has 0 aliphatic carbocycles. The summed E-state index contributed by atoms with van der Waals surface area (Å²) >= 11 is 1.39. The number of pyridine rings is 2. The minimum Gasteiger partial charge on any atom is -0.355 e. The van der Waals surface area contributed by atoms with E-state index in [1.54, 1.807) is 30.0 Å². The second kappa shape index (κ2) is 7.88. The highest BCUT2D eigenvalue weighted by Crippen LogP contribution is 2.45. The van der Waals surface area contributed by atoms with Crippen molar-refractivity contribution in [2.45, 2.75) is 29.7 Å². The van der Waals surface area contributed by atoms with Crippen LogP contribution in [0.5, 0.6) is 0 Å². The number of aromatic nitrogens is 2. The van der Waals surface area contributed by atoms with Crippen molar-refractivity contribution in [3.63, 3.8) is 0 Å². The minimum atomic E-state index is -4.52. The lowest BCUT2D eigenvalue weighted by atomic mass is 10.0. The summed E-state index contributed by atoms with van der Waals surface area (Å²) in [6.45, 7) is 1.65. The number of rotatable bonds is 2. The summed E-state index contributed by atoms with van der Waals surface area (Å²) in [5.41, 5.74) is 0.662. The maximum Gasteiger partial charge on any atom is 0.416 e. The molecule has 1 N–H and O–H groups in total. The summed E-state index contributed by atoms with van der Waals surface area (Å²) in [7, 11) is 1.42. The van der Waals surface area contributed by atoms with Crippen LogP contribution in [-0.2, 0) is 12.6 Å². The molecule has 1 aliphatic rings. The SMILES string of the molecule is CNC(=O)c1c2n(c(C)cc1=O)-c1cc(C(F)(F)F)ccc1S[C@H](c1cccnc1)C2. The van der Waals surface area contributed by atoms with Crippen LogP contribution in [0.2, 0.25) is 0 Å². The smallest absolute Gasteiger partial charge is 0.355 e. The number of carbonyl (C=O) groups is 1. The molecular weight excluding hydrogens is 427 g/mol. The Hall–Kier alpha value is -3.07. The predicted octanol–water partition coefficient (Wildman–Crippen LogP) is 4.31. The largest absolute Gasteiger partial charge is 0.416 e. The van der Waals surface area contributed by atoms with Crippen LogP contribution in [0.3, 0.4) is 0 Å². The van der Waals surface area contributed by atoms with Gasteiger partial charge in [0.1, 0.15) is 5.56 Å². The summed E-state index contributed by atoms with van der Waals surface area (Å²) in [5.74, 6) is -0.570. The van der Waals surface area contributed by atoms with Gasteiger partial charge in [0.25, 0.3) is 5.91 Å². The Labute approximate surface area is 180 Å². The van der Waals surface area contributed by atoms with Crippen molar-refractivity contribution in [1.82, 2.24) is 14.9 Å². The normalized spacial score (nSPS) is 15.6. The fourth-order valence-corrected chi connectivity index (χ4v) is 5.02. The van der Waals surface area contributed by atoms with Gasteiger partial charge in [0.15, 0.2) is 5.43 Å². The number of hydrogen-bond donors (Lipinski definition) is 1. The Balaban J connectivity index is 2.05. The van der Waals surface area contributed by atoms with Gasteiger partial charge in [0.2, 0.25) is 0 Å².